The standard InChI is InChI=1S/C15H25N3/c1-11-6-7-16-13(17-11)18-12-8-14(2,3)10-15(4,5)9-12/h6-7,12H,8-10H2,1-5H3,(H,16,17,18). The Balaban J connectivity index is 2.09. The zero-order chi connectivity index (χ0) is 13.4. The average Bonchev–Trinajstić information content (AvgIpc) is 2.11. The maximum absolute atomic E-state index is 4.44. The predicted octanol–water partition coefficient (Wildman–Crippen LogP) is 3.80. The number of aryl methyl sites for hydroxylation is 1. The fourth-order valence-electron chi connectivity index (χ4n) is 3.65. The van der Waals surface area contributed by atoms with E-state index in [4.69, 9.17) is 0 Å². The summed E-state index contributed by atoms with van der Waals surface area (Å²) in [4.78, 5) is 8.75. The fraction of sp³-hybridized carbons (Fsp3) is 0.733. The van der Waals surface area contributed by atoms with Crippen molar-refractivity contribution in [3.63, 3.8) is 0 Å². The van der Waals surface area contributed by atoms with Gasteiger partial charge in [0.2, 0.25) is 5.95 Å². The Labute approximate surface area is 110 Å². The van der Waals surface area contributed by atoms with Crippen molar-refractivity contribution in [3.05, 3.63) is 18.0 Å². The molecule has 2 rings (SSSR count). The topological polar surface area (TPSA) is 37.8 Å². The van der Waals surface area contributed by atoms with E-state index in [0.29, 0.717) is 16.9 Å². The Hall–Kier alpha value is -1.12. The quantitative estimate of drug-likeness (QED) is 0.863. The number of nitrogens with zero attached hydrogens (tertiary/aromatic N) is 2. The number of hydrogen-bond acceptors (Lipinski definition) is 3. The molecule has 1 aliphatic carbocycles. The van der Waals surface area contributed by atoms with Crippen molar-refractivity contribution in [2.24, 2.45) is 10.8 Å². The first-order valence-corrected chi connectivity index (χ1v) is 6.82. The number of anilines is 1. The van der Waals surface area contributed by atoms with Gasteiger partial charge in [0.25, 0.3) is 0 Å². The zero-order valence-electron chi connectivity index (χ0n) is 12.2. The van der Waals surface area contributed by atoms with Crippen LogP contribution in [0, 0.1) is 17.8 Å². The SMILES string of the molecule is Cc1ccnc(NC2CC(C)(C)CC(C)(C)C2)n1. The van der Waals surface area contributed by atoms with E-state index in [1.54, 1.807) is 0 Å². The summed E-state index contributed by atoms with van der Waals surface area (Å²) in [5.41, 5.74) is 1.80. The van der Waals surface area contributed by atoms with Crippen molar-refractivity contribution >= 4 is 5.95 Å². The van der Waals surface area contributed by atoms with Crippen LogP contribution in [0.15, 0.2) is 12.3 Å². The molecule has 0 radical (unpaired) electrons. The lowest BCUT2D eigenvalue weighted by atomic mass is 9.63. The van der Waals surface area contributed by atoms with E-state index in [1.165, 1.54) is 19.3 Å². The molecule has 3 heteroatoms. The van der Waals surface area contributed by atoms with Gasteiger partial charge in [-0.1, -0.05) is 27.7 Å². The Morgan fingerprint density at radius 1 is 1.17 bits per heavy atom. The van der Waals surface area contributed by atoms with Crippen molar-refractivity contribution < 1.29 is 0 Å². The third kappa shape index (κ3) is 3.44. The molecule has 1 heterocycles. The third-order valence-corrected chi connectivity index (χ3v) is 3.68. The van der Waals surface area contributed by atoms with Gasteiger partial charge in [0.1, 0.15) is 0 Å². The summed E-state index contributed by atoms with van der Waals surface area (Å²) < 4.78 is 0. The van der Waals surface area contributed by atoms with E-state index in [9.17, 15) is 0 Å². The second-order valence-corrected chi connectivity index (χ2v) is 7.28. The summed E-state index contributed by atoms with van der Waals surface area (Å²) in [6.07, 6.45) is 5.48. The van der Waals surface area contributed by atoms with Crippen molar-refractivity contribution in [3.8, 4) is 0 Å². The fourth-order valence-corrected chi connectivity index (χ4v) is 3.65. The highest BCUT2D eigenvalue weighted by Crippen LogP contribution is 2.46. The largest absolute Gasteiger partial charge is 0.351 e. The molecule has 18 heavy (non-hydrogen) atoms. The lowest BCUT2D eigenvalue weighted by molar-refractivity contribution is 0.105. The molecule has 0 bridgehead atoms. The Bertz CT molecular complexity index is 408. The van der Waals surface area contributed by atoms with Gasteiger partial charge in [-0.3, -0.25) is 0 Å². The summed E-state index contributed by atoms with van der Waals surface area (Å²) in [5.74, 6) is 0.772. The van der Waals surface area contributed by atoms with Gasteiger partial charge in [0, 0.05) is 17.9 Å². The highest BCUT2D eigenvalue weighted by atomic mass is 15.1. The van der Waals surface area contributed by atoms with E-state index in [2.05, 4.69) is 43.0 Å². The van der Waals surface area contributed by atoms with Gasteiger partial charge in [0.15, 0.2) is 0 Å². The monoisotopic (exact) mass is 247 g/mol. The molecule has 1 aromatic rings. The third-order valence-electron chi connectivity index (χ3n) is 3.68. The van der Waals surface area contributed by atoms with Crippen LogP contribution in [-0.4, -0.2) is 16.0 Å². The molecule has 0 unspecified atom stereocenters. The Morgan fingerprint density at radius 2 is 1.78 bits per heavy atom. The summed E-state index contributed by atoms with van der Waals surface area (Å²) in [7, 11) is 0. The molecule has 1 aliphatic rings. The number of aromatic nitrogens is 2. The molecule has 0 aliphatic heterocycles. The van der Waals surface area contributed by atoms with Crippen molar-refractivity contribution in [1.29, 1.82) is 0 Å². The molecule has 100 valence electrons. The van der Waals surface area contributed by atoms with E-state index in [0.717, 1.165) is 11.6 Å². The average molecular weight is 247 g/mol. The lowest BCUT2D eigenvalue weighted by Gasteiger charge is -2.45. The van der Waals surface area contributed by atoms with E-state index in [1.807, 2.05) is 19.2 Å². The van der Waals surface area contributed by atoms with Crippen LogP contribution >= 0.6 is 0 Å². The van der Waals surface area contributed by atoms with Gasteiger partial charge in [-0.2, -0.15) is 0 Å². The molecule has 1 N–H and O–H groups in total. The van der Waals surface area contributed by atoms with E-state index < -0.39 is 0 Å². The summed E-state index contributed by atoms with van der Waals surface area (Å²) >= 11 is 0. The number of hydrogen-bond donors (Lipinski definition) is 1. The Morgan fingerprint density at radius 3 is 2.33 bits per heavy atom. The molecular weight excluding hydrogens is 222 g/mol. The second kappa shape index (κ2) is 4.52. The van der Waals surface area contributed by atoms with E-state index >= 15 is 0 Å². The van der Waals surface area contributed by atoms with Crippen LogP contribution < -0.4 is 5.32 Å². The number of rotatable bonds is 2. The van der Waals surface area contributed by atoms with Crippen LogP contribution in [0.3, 0.4) is 0 Å². The second-order valence-electron chi connectivity index (χ2n) is 7.28. The summed E-state index contributed by atoms with van der Waals surface area (Å²) in [5, 5.41) is 3.51. The summed E-state index contributed by atoms with van der Waals surface area (Å²) in [6, 6.07) is 2.41. The minimum Gasteiger partial charge on any atom is -0.351 e. The van der Waals surface area contributed by atoms with Crippen LogP contribution in [0.5, 0.6) is 0 Å². The first-order chi connectivity index (χ1) is 8.26. The van der Waals surface area contributed by atoms with Crippen molar-refractivity contribution in [2.45, 2.75) is 59.9 Å². The first-order valence-electron chi connectivity index (χ1n) is 6.82. The normalized spacial score (nSPS) is 22.7. The molecule has 1 aromatic heterocycles. The number of nitrogens with one attached hydrogen (secondary N) is 1. The van der Waals surface area contributed by atoms with Crippen LogP contribution in [0.2, 0.25) is 0 Å². The predicted molar refractivity (Wildman–Crippen MR) is 75.6 cm³/mol. The van der Waals surface area contributed by atoms with E-state index in [-0.39, 0.29) is 0 Å². The highest BCUT2D eigenvalue weighted by molar-refractivity contribution is 5.27. The molecule has 1 fully saturated rings. The minimum absolute atomic E-state index is 0.392. The molecule has 0 saturated heterocycles. The summed E-state index contributed by atoms with van der Waals surface area (Å²) in [6.45, 7) is 11.4. The van der Waals surface area contributed by atoms with Crippen LogP contribution in [0.25, 0.3) is 0 Å². The van der Waals surface area contributed by atoms with Gasteiger partial charge < -0.3 is 5.32 Å². The van der Waals surface area contributed by atoms with Gasteiger partial charge >= 0.3 is 0 Å². The minimum atomic E-state index is 0.392. The van der Waals surface area contributed by atoms with Crippen molar-refractivity contribution in [2.75, 3.05) is 5.32 Å². The zero-order valence-corrected chi connectivity index (χ0v) is 12.2. The van der Waals surface area contributed by atoms with Crippen LogP contribution in [0.1, 0.15) is 52.7 Å². The van der Waals surface area contributed by atoms with Gasteiger partial charge in [0.05, 0.1) is 0 Å². The molecular formula is C15H25N3. The first kappa shape index (κ1) is 13.3. The smallest absolute Gasteiger partial charge is 0.223 e. The molecule has 0 spiro atoms. The maximum atomic E-state index is 4.44. The highest BCUT2D eigenvalue weighted by Gasteiger charge is 2.38. The Kier molecular flexibility index (Phi) is 3.35. The molecule has 3 nitrogen and oxygen atoms in total. The molecule has 0 atom stereocenters. The van der Waals surface area contributed by atoms with Crippen LogP contribution in [0.4, 0.5) is 5.95 Å². The maximum Gasteiger partial charge on any atom is 0.223 e. The molecule has 1 saturated carbocycles. The van der Waals surface area contributed by atoms with Crippen LogP contribution in [-0.2, 0) is 0 Å². The van der Waals surface area contributed by atoms with Crippen molar-refractivity contribution in [1.82, 2.24) is 9.97 Å². The lowest BCUT2D eigenvalue weighted by Crippen LogP contribution is -2.40. The molecule has 0 aromatic carbocycles. The molecule has 0 amide bonds. The van der Waals surface area contributed by atoms with Gasteiger partial charge in [-0.25, -0.2) is 9.97 Å². The van der Waals surface area contributed by atoms with Gasteiger partial charge in [-0.15, -0.1) is 0 Å². The van der Waals surface area contributed by atoms with Gasteiger partial charge in [-0.05, 0) is 43.1 Å².